The molecule has 7 nitrogen and oxygen atoms in total. The number of hydrogen-bond acceptors (Lipinski definition) is 5. The lowest BCUT2D eigenvalue weighted by Crippen LogP contribution is -2.51. The van der Waals surface area contributed by atoms with Gasteiger partial charge >= 0.3 is 0 Å². The van der Waals surface area contributed by atoms with E-state index in [1.807, 2.05) is 0 Å². The number of amides is 1. The van der Waals surface area contributed by atoms with Gasteiger partial charge in [-0.15, -0.1) is 0 Å². The minimum Gasteiger partial charge on any atom is -0.379 e. The van der Waals surface area contributed by atoms with Crippen LogP contribution < -0.4 is 10.6 Å². The number of carbonyl (C=O) groups is 1. The summed E-state index contributed by atoms with van der Waals surface area (Å²) in [6, 6.07) is 0. The number of likely N-dealkylation sites (N-methyl/N-ethyl adjacent to an activating group) is 1. The second-order valence-corrected chi connectivity index (χ2v) is 9.16. The molecule has 0 atom stereocenters. The first kappa shape index (κ1) is 23.3. The van der Waals surface area contributed by atoms with Gasteiger partial charge in [0.15, 0.2) is 5.96 Å². The fraction of sp³-hybridized carbons (Fsp3) is 0.900. The highest BCUT2D eigenvalue weighted by Crippen LogP contribution is 2.36. The molecule has 1 saturated carbocycles. The average Bonchev–Trinajstić information content (AvgIpc) is 2.71. The van der Waals surface area contributed by atoms with E-state index in [0.717, 1.165) is 57.6 Å². The van der Waals surface area contributed by atoms with Crippen molar-refractivity contribution in [2.24, 2.45) is 10.4 Å². The maximum atomic E-state index is 11.9. The van der Waals surface area contributed by atoms with Crippen LogP contribution >= 0.6 is 11.8 Å². The van der Waals surface area contributed by atoms with Crippen molar-refractivity contribution < 1.29 is 9.53 Å². The molecule has 2 rings (SSSR count). The lowest BCUT2D eigenvalue weighted by molar-refractivity contribution is -0.127. The standard InChI is InChI=1S/C20H39N5O2S/c1-24(2)18(26)15-22-19(21-9-14-28-3)23-16-20(7-5-4-6-8-20)17-25-10-12-27-13-11-25/h4-17H2,1-3H3,(H2,21,22,23). The van der Waals surface area contributed by atoms with Gasteiger partial charge in [-0.05, 0) is 19.1 Å². The number of carbonyl (C=O) groups excluding carboxylic acids is 1. The number of hydrogen-bond donors (Lipinski definition) is 2. The Kier molecular flexibility index (Phi) is 10.4. The van der Waals surface area contributed by atoms with Gasteiger partial charge < -0.3 is 20.3 Å². The topological polar surface area (TPSA) is 69.2 Å². The zero-order chi connectivity index (χ0) is 20.2. The summed E-state index contributed by atoms with van der Waals surface area (Å²) in [5, 5.41) is 6.96. The molecular weight excluding hydrogens is 374 g/mol. The van der Waals surface area contributed by atoms with Crippen molar-refractivity contribution in [3.05, 3.63) is 0 Å². The van der Waals surface area contributed by atoms with Crippen LogP contribution in [-0.4, -0.2) is 100 Å². The molecule has 0 radical (unpaired) electrons. The molecule has 0 bridgehead atoms. The fourth-order valence-electron chi connectivity index (χ4n) is 3.93. The molecule has 0 aromatic rings. The fourth-order valence-corrected chi connectivity index (χ4v) is 4.24. The van der Waals surface area contributed by atoms with Gasteiger partial charge in [0.05, 0.1) is 13.2 Å². The first-order valence-electron chi connectivity index (χ1n) is 10.6. The number of guanidine groups is 1. The van der Waals surface area contributed by atoms with E-state index in [1.54, 1.807) is 30.8 Å². The summed E-state index contributed by atoms with van der Waals surface area (Å²) in [7, 11) is 3.54. The van der Waals surface area contributed by atoms with Gasteiger partial charge in [-0.1, -0.05) is 19.3 Å². The second kappa shape index (κ2) is 12.5. The van der Waals surface area contributed by atoms with Crippen LogP contribution in [0.2, 0.25) is 0 Å². The normalized spacial score (nSPS) is 20.6. The lowest BCUT2D eigenvalue weighted by atomic mass is 9.73. The summed E-state index contributed by atoms with van der Waals surface area (Å²) < 4.78 is 5.52. The molecule has 1 aliphatic carbocycles. The van der Waals surface area contributed by atoms with Gasteiger partial charge in [0.25, 0.3) is 0 Å². The van der Waals surface area contributed by atoms with Crippen LogP contribution in [0, 0.1) is 5.41 Å². The Morgan fingerprint density at radius 3 is 2.54 bits per heavy atom. The van der Waals surface area contributed by atoms with Gasteiger partial charge in [0, 0.05) is 58.0 Å². The molecule has 1 heterocycles. The minimum absolute atomic E-state index is 0.0201. The first-order chi connectivity index (χ1) is 13.5. The molecule has 1 amide bonds. The quantitative estimate of drug-likeness (QED) is 0.337. The molecule has 0 unspecified atom stereocenters. The highest BCUT2D eigenvalue weighted by Gasteiger charge is 2.34. The van der Waals surface area contributed by atoms with Crippen molar-refractivity contribution in [3.8, 4) is 0 Å². The van der Waals surface area contributed by atoms with Crippen molar-refractivity contribution in [1.29, 1.82) is 0 Å². The number of aliphatic imine (C=N–C) groups is 1. The van der Waals surface area contributed by atoms with E-state index < -0.39 is 0 Å². The van der Waals surface area contributed by atoms with E-state index in [9.17, 15) is 4.79 Å². The Balaban J connectivity index is 1.97. The molecule has 0 aromatic carbocycles. The zero-order valence-electron chi connectivity index (χ0n) is 18.0. The van der Waals surface area contributed by atoms with Crippen molar-refractivity contribution >= 4 is 23.6 Å². The van der Waals surface area contributed by atoms with E-state index in [0.29, 0.717) is 0 Å². The van der Waals surface area contributed by atoms with E-state index in [-0.39, 0.29) is 17.9 Å². The molecular formula is C20H39N5O2S. The molecule has 28 heavy (non-hydrogen) atoms. The molecule has 2 fully saturated rings. The minimum atomic E-state index is 0.0201. The van der Waals surface area contributed by atoms with E-state index in [1.165, 1.54) is 32.1 Å². The molecule has 2 aliphatic rings. The van der Waals surface area contributed by atoms with Crippen LogP contribution in [0.1, 0.15) is 32.1 Å². The van der Waals surface area contributed by atoms with Crippen LogP contribution in [0.3, 0.4) is 0 Å². The largest absolute Gasteiger partial charge is 0.379 e. The maximum absolute atomic E-state index is 11.9. The molecule has 1 aliphatic heterocycles. The summed E-state index contributed by atoms with van der Waals surface area (Å²) in [5.41, 5.74) is 0.281. The Hall–Kier alpha value is -0.990. The van der Waals surface area contributed by atoms with Crippen LogP contribution in [0.25, 0.3) is 0 Å². The second-order valence-electron chi connectivity index (χ2n) is 8.18. The van der Waals surface area contributed by atoms with Crippen LogP contribution in [0.5, 0.6) is 0 Å². The maximum Gasteiger partial charge on any atom is 0.243 e. The predicted molar refractivity (Wildman–Crippen MR) is 118 cm³/mol. The van der Waals surface area contributed by atoms with Crippen LogP contribution in [-0.2, 0) is 9.53 Å². The zero-order valence-corrected chi connectivity index (χ0v) is 18.8. The Labute approximate surface area is 175 Å². The summed E-state index contributed by atoms with van der Waals surface area (Å²) in [4.78, 5) is 20.6. The van der Waals surface area contributed by atoms with Gasteiger partial charge in [0.2, 0.25) is 5.91 Å². The van der Waals surface area contributed by atoms with E-state index >= 15 is 0 Å². The van der Waals surface area contributed by atoms with E-state index in [2.05, 4.69) is 26.8 Å². The third-order valence-corrected chi connectivity index (χ3v) is 6.29. The number of nitrogens with zero attached hydrogens (tertiary/aromatic N) is 3. The summed E-state index contributed by atoms with van der Waals surface area (Å²) in [5.74, 6) is 1.80. The first-order valence-corrected chi connectivity index (χ1v) is 12.0. The van der Waals surface area contributed by atoms with Crippen molar-refractivity contribution in [2.75, 3.05) is 78.6 Å². The summed E-state index contributed by atoms with van der Waals surface area (Å²) >= 11 is 1.80. The van der Waals surface area contributed by atoms with Crippen molar-refractivity contribution in [1.82, 2.24) is 20.4 Å². The Bertz CT molecular complexity index is 489. The van der Waals surface area contributed by atoms with Crippen LogP contribution in [0.4, 0.5) is 0 Å². The number of rotatable bonds is 9. The SMILES string of the molecule is CSCCNC(=NCC(=O)N(C)C)NCC1(CN2CCOCC2)CCCCC1. The van der Waals surface area contributed by atoms with Crippen molar-refractivity contribution in [3.63, 3.8) is 0 Å². The molecule has 162 valence electrons. The average molecular weight is 414 g/mol. The smallest absolute Gasteiger partial charge is 0.243 e. The van der Waals surface area contributed by atoms with E-state index in [4.69, 9.17) is 4.74 Å². The monoisotopic (exact) mass is 413 g/mol. The van der Waals surface area contributed by atoms with Gasteiger partial charge in [0.1, 0.15) is 6.54 Å². The molecule has 8 heteroatoms. The van der Waals surface area contributed by atoms with Crippen LogP contribution in [0.15, 0.2) is 4.99 Å². The highest BCUT2D eigenvalue weighted by atomic mass is 32.2. The molecule has 0 spiro atoms. The van der Waals surface area contributed by atoms with Gasteiger partial charge in [-0.25, -0.2) is 4.99 Å². The highest BCUT2D eigenvalue weighted by molar-refractivity contribution is 7.98. The number of morpholine rings is 1. The number of ether oxygens (including phenoxy) is 1. The molecule has 0 aromatic heterocycles. The Morgan fingerprint density at radius 2 is 1.89 bits per heavy atom. The van der Waals surface area contributed by atoms with Crippen molar-refractivity contribution in [2.45, 2.75) is 32.1 Å². The lowest BCUT2D eigenvalue weighted by Gasteiger charge is -2.42. The number of thioether (sulfide) groups is 1. The summed E-state index contributed by atoms with van der Waals surface area (Å²) in [6.07, 6.45) is 8.56. The molecule has 1 saturated heterocycles. The predicted octanol–water partition coefficient (Wildman–Crippen LogP) is 1.26. The third-order valence-electron chi connectivity index (χ3n) is 5.68. The summed E-state index contributed by atoms with van der Waals surface area (Å²) in [6.45, 7) is 6.82. The van der Waals surface area contributed by atoms with Gasteiger partial charge in [-0.3, -0.25) is 9.69 Å². The Morgan fingerprint density at radius 1 is 1.18 bits per heavy atom. The third kappa shape index (κ3) is 8.17. The number of nitrogens with one attached hydrogen (secondary N) is 2. The van der Waals surface area contributed by atoms with Gasteiger partial charge in [-0.2, -0.15) is 11.8 Å². The molecule has 2 N–H and O–H groups in total.